The maximum atomic E-state index is 12.6. The van der Waals surface area contributed by atoms with E-state index in [0.29, 0.717) is 11.4 Å². The zero-order chi connectivity index (χ0) is 18.8. The molecule has 0 aliphatic carbocycles. The van der Waals surface area contributed by atoms with Crippen molar-refractivity contribution in [3.8, 4) is 0 Å². The van der Waals surface area contributed by atoms with Gasteiger partial charge in [0, 0.05) is 5.41 Å². The number of amides is 1. The number of halogens is 3. The zero-order valence-corrected chi connectivity index (χ0v) is 14.0. The van der Waals surface area contributed by atoms with Gasteiger partial charge >= 0.3 is 6.18 Å². The summed E-state index contributed by atoms with van der Waals surface area (Å²) in [6.07, 6.45) is -4.45. The van der Waals surface area contributed by atoms with Crippen LogP contribution in [-0.4, -0.2) is 32.8 Å². The van der Waals surface area contributed by atoms with E-state index in [2.05, 4.69) is 20.5 Å². The molecular weight excluding hydrogens is 337 g/mol. The molecule has 0 aliphatic heterocycles. The topological polar surface area (TPSA) is 90.9 Å². The highest BCUT2D eigenvalue weighted by Gasteiger charge is 2.30. The lowest BCUT2D eigenvalue weighted by molar-refractivity contribution is -0.137. The fourth-order valence-electron chi connectivity index (χ4n) is 2.06. The number of aromatic amines is 1. The molecular formula is C16H19F3N4O2. The number of carbonyl (C=O) groups is 1. The van der Waals surface area contributed by atoms with Crippen molar-refractivity contribution < 1.29 is 23.1 Å². The van der Waals surface area contributed by atoms with Gasteiger partial charge in [0.25, 0.3) is 5.91 Å². The first-order chi connectivity index (χ1) is 11.5. The molecule has 0 saturated carbocycles. The van der Waals surface area contributed by atoms with Crippen molar-refractivity contribution in [3.63, 3.8) is 0 Å². The Kier molecular flexibility index (Phi) is 5.17. The highest BCUT2D eigenvalue weighted by atomic mass is 19.4. The quantitative estimate of drug-likeness (QED) is 0.785. The fourth-order valence-corrected chi connectivity index (χ4v) is 2.06. The lowest BCUT2D eigenvalue weighted by Gasteiger charge is -2.17. The van der Waals surface area contributed by atoms with Crippen LogP contribution in [0.15, 0.2) is 24.3 Å². The van der Waals surface area contributed by atoms with Gasteiger partial charge in [0.05, 0.1) is 18.2 Å². The Bertz CT molecular complexity index is 733. The molecule has 6 nitrogen and oxygen atoms in total. The first kappa shape index (κ1) is 18.9. The number of aromatic nitrogens is 3. The number of nitrogens with zero attached hydrogens (tertiary/aromatic N) is 2. The molecule has 0 aliphatic rings. The summed E-state index contributed by atoms with van der Waals surface area (Å²) in [5.74, 6) is -0.214. The molecule has 3 N–H and O–H groups in total. The standard InChI is InChI=1S/C16H19F3N4O2/c1-15(2,3)14-21-12(22-23-14)13(25)20-11(8-24)9-4-6-10(7-5-9)16(17,18)19/h4-7,11,24H,8H2,1-3H3,(H,20,25)(H,21,22,23). The molecule has 1 amide bonds. The van der Waals surface area contributed by atoms with Crippen LogP contribution in [0.2, 0.25) is 0 Å². The lowest BCUT2D eigenvalue weighted by Crippen LogP contribution is -2.31. The molecule has 1 aromatic heterocycles. The smallest absolute Gasteiger partial charge is 0.394 e. The SMILES string of the molecule is CC(C)(C)c1nc(C(=O)NC(CO)c2ccc(C(F)(F)F)cc2)n[nH]1. The van der Waals surface area contributed by atoms with Gasteiger partial charge in [-0.05, 0) is 17.7 Å². The van der Waals surface area contributed by atoms with Crippen LogP contribution < -0.4 is 5.32 Å². The van der Waals surface area contributed by atoms with Crippen LogP contribution in [0.5, 0.6) is 0 Å². The Morgan fingerprint density at radius 1 is 1.24 bits per heavy atom. The molecule has 1 aromatic carbocycles. The molecule has 136 valence electrons. The number of carbonyl (C=O) groups excluding carboxylic acids is 1. The second kappa shape index (κ2) is 6.83. The molecule has 2 aromatic rings. The van der Waals surface area contributed by atoms with Crippen molar-refractivity contribution in [1.29, 1.82) is 0 Å². The summed E-state index contributed by atoms with van der Waals surface area (Å²) in [6.45, 7) is 5.21. The highest BCUT2D eigenvalue weighted by molar-refractivity contribution is 5.90. The van der Waals surface area contributed by atoms with Crippen molar-refractivity contribution in [3.05, 3.63) is 47.0 Å². The number of aliphatic hydroxyl groups excluding tert-OH is 1. The molecule has 2 rings (SSSR count). The number of hydrogen-bond acceptors (Lipinski definition) is 4. The lowest BCUT2D eigenvalue weighted by atomic mass is 9.96. The van der Waals surface area contributed by atoms with E-state index in [9.17, 15) is 23.1 Å². The summed E-state index contributed by atoms with van der Waals surface area (Å²) in [5.41, 5.74) is -0.784. The fraction of sp³-hybridized carbons (Fsp3) is 0.438. The first-order valence-corrected chi connectivity index (χ1v) is 7.54. The minimum absolute atomic E-state index is 0.102. The van der Waals surface area contributed by atoms with Crippen LogP contribution >= 0.6 is 0 Å². The Hall–Kier alpha value is -2.42. The summed E-state index contributed by atoms with van der Waals surface area (Å²) in [5, 5.41) is 18.5. The van der Waals surface area contributed by atoms with Gasteiger partial charge < -0.3 is 10.4 Å². The maximum absolute atomic E-state index is 12.6. The number of H-pyrrole nitrogens is 1. The van der Waals surface area contributed by atoms with Gasteiger partial charge in [-0.1, -0.05) is 32.9 Å². The molecule has 1 heterocycles. The van der Waals surface area contributed by atoms with Crippen LogP contribution in [-0.2, 0) is 11.6 Å². The molecule has 0 saturated heterocycles. The Morgan fingerprint density at radius 3 is 2.28 bits per heavy atom. The van der Waals surface area contributed by atoms with Gasteiger partial charge in [-0.3, -0.25) is 9.89 Å². The van der Waals surface area contributed by atoms with Gasteiger partial charge in [0.1, 0.15) is 5.82 Å². The molecule has 9 heteroatoms. The average Bonchev–Trinajstić information content (AvgIpc) is 3.02. The third kappa shape index (κ3) is 4.56. The van der Waals surface area contributed by atoms with Crippen molar-refractivity contribution in [2.75, 3.05) is 6.61 Å². The van der Waals surface area contributed by atoms with E-state index in [4.69, 9.17) is 0 Å². The predicted octanol–water partition coefficient (Wildman–Crippen LogP) is 2.58. The summed E-state index contributed by atoms with van der Waals surface area (Å²) in [4.78, 5) is 16.3. The Labute approximate surface area is 142 Å². The molecule has 25 heavy (non-hydrogen) atoms. The second-order valence-electron chi connectivity index (χ2n) is 6.59. The van der Waals surface area contributed by atoms with E-state index in [1.165, 1.54) is 12.1 Å². The minimum atomic E-state index is -4.45. The predicted molar refractivity (Wildman–Crippen MR) is 83.8 cm³/mol. The number of aliphatic hydroxyl groups is 1. The van der Waals surface area contributed by atoms with Gasteiger partial charge in [-0.15, -0.1) is 5.10 Å². The van der Waals surface area contributed by atoms with Gasteiger partial charge in [0.15, 0.2) is 0 Å². The molecule has 0 radical (unpaired) electrons. The second-order valence-corrected chi connectivity index (χ2v) is 6.59. The molecule has 1 atom stereocenters. The molecule has 0 bridgehead atoms. The number of alkyl halides is 3. The number of rotatable bonds is 4. The first-order valence-electron chi connectivity index (χ1n) is 7.54. The largest absolute Gasteiger partial charge is 0.416 e. The van der Waals surface area contributed by atoms with E-state index in [1.807, 2.05) is 20.8 Å². The van der Waals surface area contributed by atoms with E-state index in [0.717, 1.165) is 12.1 Å². The van der Waals surface area contributed by atoms with Gasteiger partial charge in [0.2, 0.25) is 5.82 Å². The van der Waals surface area contributed by atoms with Crippen molar-refractivity contribution in [2.45, 2.75) is 38.4 Å². The third-order valence-electron chi connectivity index (χ3n) is 3.53. The highest BCUT2D eigenvalue weighted by Crippen LogP contribution is 2.30. The maximum Gasteiger partial charge on any atom is 0.416 e. The van der Waals surface area contributed by atoms with Crippen LogP contribution in [0.25, 0.3) is 0 Å². The van der Waals surface area contributed by atoms with Gasteiger partial charge in [-0.2, -0.15) is 13.2 Å². The summed E-state index contributed by atoms with van der Waals surface area (Å²) in [7, 11) is 0. The average molecular weight is 356 g/mol. The van der Waals surface area contributed by atoms with Crippen LogP contribution in [0.1, 0.15) is 54.4 Å². The molecule has 0 spiro atoms. The number of hydrogen-bond donors (Lipinski definition) is 3. The molecule has 0 fully saturated rings. The Balaban J connectivity index is 2.13. The molecule has 1 unspecified atom stereocenters. The number of benzene rings is 1. The van der Waals surface area contributed by atoms with E-state index >= 15 is 0 Å². The van der Waals surface area contributed by atoms with Crippen LogP contribution in [0.3, 0.4) is 0 Å². The van der Waals surface area contributed by atoms with Crippen LogP contribution in [0.4, 0.5) is 13.2 Å². The monoisotopic (exact) mass is 356 g/mol. The van der Waals surface area contributed by atoms with Gasteiger partial charge in [-0.25, -0.2) is 4.98 Å². The van der Waals surface area contributed by atoms with E-state index in [-0.39, 0.29) is 11.2 Å². The van der Waals surface area contributed by atoms with Crippen molar-refractivity contribution >= 4 is 5.91 Å². The summed E-state index contributed by atoms with van der Waals surface area (Å²) < 4.78 is 37.8. The normalized spacial score (nSPS) is 13.6. The zero-order valence-electron chi connectivity index (χ0n) is 14.0. The van der Waals surface area contributed by atoms with Crippen LogP contribution in [0, 0.1) is 0 Å². The number of nitrogens with one attached hydrogen (secondary N) is 2. The van der Waals surface area contributed by atoms with Crippen molar-refractivity contribution in [1.82, 2.24) is 20.5 Å². The van der Waals surface area contributed by atoms with Crippen molar-refractivity contribution in [2.24, 2.45) is 0 Å². The van der Waals surface area contributed by atoms with E-state index < -0.39 is 30.3 Å². The summed E-state index contributed by atoms with van der Waals surface area (Å²) in [6, 6.07) is 3.35. The minimum Gasteiger partial charge on any atom is -0.394 e. The third-order valence-corrected chi connectivity index (χ3v) is 3.53. The Morgan fingerprint density at radius 2 is 1.84 bits per heavy atom. The van der Waals surface area contributed by atoms with E-state index in [1.54, 1.807) is 0 Å². The summed E-state index contributed by atoms with van der Waals surface area (Å²) >= 11 is 0.